The summed E-state index contributed by atoms with van der Waals surface area (Å²) in [6.07, 6.45) is 1.78. The number of carbonyl (C=O) groups is 2. The first kappa shape index (κ1) is 19.4. The van der Waals surface area contributed by atoms with Crippen LogP contribution in [0, 0.1) is 11.6 Å². The quantitative estimate of drug-likeness (QED) is 0.600. The van der Waals surface area contributed by atoms with Crippen molar-refractivity contribution < 1.29 is 23.1 Å². The van der Waals surface area contributed by atoms with Crippen molar-refractivity contribution in [3.8, 4) is 0 Å². The minimum absolute atomic E-state index is 0.136. The Morgan fingerprint density at radius 2 is 2.00 bits per heavy atom. The number of rotatable bonds is 4. The van der Waals surface area contributed by atoms with Crippen molar-refractivity contribution in [1.29, 1.82) is 0 Å². The normalized spacial score (nSPS) is 16.8. The number of piperidine rings is 1. The second-order valence-corrected chi connectivity index (χ2v) is 7.97. The van der Waals surface area contributed by atoms with Crippen LogP contribution in [0.1, 0.15) is 34.1 Å². The maximum atomic E-state index is 13.2. The number of para-hydroxylation sites is 1. The highest BCUT2D eigenvalue weighted by atomic mass is 32.1. The third-order valence-electron chi connectivity index (χ3n) is 4.92. The molecule has 1 saturated heterocycles. The van der Waals surface area contributed by atoms with Crippen LogP contribution in [-0.2, 0) is 9.53 Å². The molecule has 2 heterocycles. The predicted octanol–water partition coefficient (Wildman–Crippen LogP) is 4.14. The van der Waals surface area contributed by atoms with Crippen LogP contribution in [-0.4, -0.2) is 41.5 Å². The van der Waals surface area contributed by atoms with Gasteiger partial charge in [-0.25, -0.2) is 18.6 Å². The summed E-state index contributed by atoms with van der Waals surface area (Å²) in [5, 5.41) is 1.00. The van der Waals surface area contributed by atoms with E-state index in [0.29, 0.717) is 13.1 Å². The zero-order chi connectivity index (χ0) is 20.4. The molecule has 0 aliphatic carbocycles. The van der Waals surface area contributed by atoms with Crippen LogP contribution in [0.25, 0.3) is 10.2 Å². The molecule has 150 valence electrons. The number of halogens is 2. The Hall–Kier alpha value is -2.87. The van der Waals surface area contributed by atoms with E-state index < -0.39 is 24.2 Å². The highest BCUT2D eigenvalue weighted by Gasteiger charge is 2.27. The minimum atomic E-state index is -1.14. The number of hydrogen-bond acceptors (Lipinski definition) is 5. The number of hydrogen-bond donors (Lipinski definition) is 0. The van der Waals surface area contributed by atoms with E-state index >= 15 is 0 Å². The summed E-state index contributed by atoms with van der Waals surface area (Å²) in [6, 6.07) is 10.6. The third-order valence-corrected chi connectivity index (χ3v) is 6.11. The van der Waals surface area contributed by atoms with Crippen LogP contribution in [0.4, 0.5) is 8.78 Å². The molecule has 29 heavy (non-hydrogen) atoms. The Kier molecular flexibility index (Phi) is 5.53. The smallest absolute Gasteiger partial charge is 0.338 e. The van der Waals surface area contributed by atoms with E-state index in [4.69, 9.17) is 4.74 Å². The molecule has 5 nitrogen and oxygen atoms in total. The van der Waals surface area contributed by atoms with Crippen LogP contribution in [0.3, 0.4) is 0 Å². The molecule has 4 rings (SSSR count). The SMILES string of the molecule is O=C(OCC(=O)N1CCC[C@@H](c2nc3ccccc3s2)C1)c1ccc(F)c(F)c1. The molecule has 1 aromatic heterocycles. The molecule has 1 atom stereocenters. The third kappa shape index (κ3) is 4.27. The van der Waals surface area contributed by atoms with Gasteiger partial charge in [0.15, 0.2) is 18.2 Å². The van der Waals surface area contributed by atoms with Gasteiger partial charge in [-0.2, -0.15) is 0 Å². The van der Waals surface area contributed by atoms with E-state index in [2.05, 4.69) is 4.98 Å². The average Bonchev–Trinajstić information content (AvgIpc) is 3.18. The number of aromatic nitrogens is 1. The molecule has 1 aliphatic rings. The van der Waals surface area contributed by atoms with Gasteiger partial charge < -0.3 is 9.64 Å². The van der Waals surface area contributed by atoms with Crippen molar-refractivity contribution in [1.82, 2.24) is 9.88 Å². The molecule has 2 aromatic carbocycles. The molecule has 1 amide bonds. The van der Waals surface area contributed by atoms with Crippen molar-refractivity contribution >= 4 is 33.4 Å². The Bertz CT molecular complexity index is 1040. The second kappa shape index (κ2) is 8.24. The van der Waals surface area contributed by atoms with Crippen molar-refractivity contribution in [2.24, 2.45) is 0 Å². The van der Waals surface area contributed by atoms with Gasteiger partial charge >= 0.3 is 5.97 Å². The Labute approximate surface area is 169 Å². The van der Waals surface area contributed by atoms with Crippen molar-refractivity contribution in [2.75, 3.05) is 19.7 Å². The van der Waals surface area contributed by atoms with E-state index in [1.165, 1.54) is 0 Å². The largest absolute Gasteiger partial charge is 0.452 e. The molecular formula is C21H18F2N2O3S. The number of likely N-dealkylation sites (tertiary alicyclic amines) is 1. The van der Waals surface area contributed by atoms with Gasteiger partial charge in [0.05, 0.1) is 20.8 Å². The lowest BCUT2D eigenvalue weighted by Gasteiger charge is -2.31. The van der Waals surface area contributed by atoms with Gasteiger partial charge in [-0.1, -0.05) is 12.1 Å². The fraction of sp³-hybridized carbons (Fsp3) is 0.286. The van der Waals surface area contributed by atoms with Crippen LogP contribution < -0.4 is 0 Å². The Morgan fingerprint density at radius 1 is 1.17 bits per heavy atom. The van der Waals surface area contributed by atoms with Crippen LogP contribution in [0.5, 0.6) is 0 Å². The molecule has 8 heteroatoms. The summed E-state index contributed by atoms with van der Waals surface area (Å²) in [5.74, 6) is -3.22. The lowest BCUT2D eigenvalue weighted by molar-refractivity contribution is -0.135. The van der Waals surface area contributed by atoms with E-state index in [1.807, 2.05) is 24.3 Å². The molecule has 0 spiro atoms. The van der Waals surface area contributed by atoms with E-state index in [0.717, 1.165) is 46.3 Å². The van der Waals surface area contributed by atoms with Gasteiger partial charge in [0.1, 0.15) is 0 Å². The molecule has 1 fully saturated rings. The van der Waals surface area contributed by atoms with Gasteiger partial charge in [-0.15, -0.1) is 11.3 Å². The number of carbonyl (C=O) groups excluding carboxylic acids is 2. The summed E-state index contributed by atoms with van der Waals surface area (Å²) >= 11 is 1.63. The Morgan fingerprint density at radius 3 is 2.79 bits per heavy atom. The summed E-state index contributed by atoms with van der Waals surface area (Å²) in [4.78, 5) is 30.8. The lowest BCUT2D eigenvalue weighted by Crippen LogP contribution is -2.41. The number of nitrogens with zero attached hydrogens (tertiary/aromatic N) is 2. The maximum absolute atomic E-state index is 13.2. The number of ether oxygens (including phenoxy) is 1. The summed E-state index contributed by atoms with van der Waals surface area (Å²) in [6.45, 7) is 0.661. The van der Waals surface area contributed by atoms with Crippen LogP contribution >= 0.6 is 11.3 Å². The first-order valence-electron chi connectivity index (χ1n) is 9.26. The van der Waals surface area contributed by atoms with Gasteiger partial charge in [-0.05, 0) is 43.2 Å². The molecule has 1 aliphatic heterocycles. The highest BCUT2D eigenvalue weighted by Crippen LogP contribution is 2.32. The lowest BCUT2D eigenvalue weighted by atomic mass is 9.99. The molecule has 0 unspecified atom stereocenters. The Balaban J connectivity index is 1.37. The predicted molar refractivity (Wildman–Crippen MR) is 105 cm³/mol. The second-order valence-electron chi connectivity index (χ2n) is 6.90. The molecular weight excluding hydrogens is 398 g/mol. The monoisotopic (exact) mass is 416 g/mol. The van der Waals surface area contributed by atoms with Crippen LogP contribution in [0.2, 0.25) is 0 Å². The summed E-state index contributed by atoms with van der Waals surface area (Å²) in [5.41, 5.74) is 0.819. The summed E-state index contributed by atoms with van der Waals surface area (Å²) < 4.78 is 32.3. The average molecular weight is 416 g/mol. The first-order valence-corrected chi connectivity index (χ1v) is 10.1. The molecule has 0 radical (unpaired) electrons. The zero-order valence-electron chi connectivity index (χ0n) is 15.4. The van der Waals surface area contributed by atoms with Gasteiger partial charge in [0, 0.05) is 19.0 Å². The molecule has 0 N–H and O–H groups in total. The van der Waals surface area contributed by atoms with Crippen LogP contribution in [0.15, 0.2) is 42.5 Å². The zero-order valence-corrected chi connectivity index (χ0v) is 16.3. The molecule has 0 saturated carbocycles. The van der Waals surface area contributed by atoms with E-state index in [1.54, 1.807) is 16.2 Å². The number of benzene rings is 2. The fourth-order valence-electron chi connectivity index (χ4n) is 3.39. The number of esters is 1. The maximum Gasteiger partial charge on any atom is 0.338 e. The minimum Gasteiger partial charge on any atom is -0.452 e. The highest BCUT2D eigenvalue weighted by molar-refractivity contribution is 7.18. The summed E-state index contributed by atoms with van der Waals surface area (Å²) in [7, 11) is 0. The van der Waals surface area contributed by atoms with Gasteiger partial charge in [-0.3, -0.25) is 4.79 Å². The van der Waals surface area contributed by atoms with E-state index in [9.17, 15) is 18.4 Å². The van der Waals surface area contributed by atoms with Crippen molar-refractivity contribution in [2.45, 2.75) is 18.8 Å². The van der Waals surface area contributed by atoms with Crippen molar-refractivity contribution in [3.05, 3.63) is 64.7 Å². The van der Waals surface area contributed by atoms with Gasteiger partial charge in [0.2, 0.25) is 0 Å². The number of thiazole rings is 1. The van der Waals surface area contributed by atoms with Gasteiger partial charge in [0.25, 0.3) is 5.91 Å². The molecule has 0 bridgehead atoms. The first-order chi connectivity index (χ1) is 14.0. The number of amides is 1. The number of fused-ring (bicyclic) bond motifs is 1. The standard InChI is InChI=1S/C21H18F2N2O3S/c22-15-8-7-13(10-16(15)23)21(27)28-12-19(26)25-9-3-4-14(11-25)20-24-17-5-1-2-6-18(17)29-20/h1-2,5-8,10,14H,3-4,9,11-12H2/t14-/m1/s1. The van der Waals surface area contributed by atoms with Crippen molar-refractivity contribution in [3.63, 3.8) is 0 Å². The topological polar surface area (TPSA) is 59.5 Å². The van der Waals surface area contributed by atoms with E-state index in [-0.39, 0.29) is 17.4 Å². The fourth-order valence-corrected chi connectivity index (χ4v) is 4.49. The molecule has 3 aromatic rings.